The number of para-hydroxylation sites is 1. The maximum absolute atomic E-state index is 12.1. The Labute approximate surface area is 141 Å². The fourth-order valence-corrected chi connectivity index (χ4v) is 2.30. The Bertz CT molecular complexity index is 645. The van der Waals surface area contributed by atoms with Crippen molar-refractivity contribution < 1.29 is 9.53 Å². The number of carbonyl (C=O) groups is 1. The molecular formula is C16H21ClN4O2. The van der Waals surface area contributed by atoms with Gasteiger partial charge in [-0.2, -0.15) is 0 Å². The zero-order chi connectivity index (χ0) is 16.7. The summed E-state index contributed by atoms with van der Waals surface area (Å²) in [4.78, 5) is 13.8. The van der Waals surface area contributed by atoms with Crippen molar-refractivity contribution in [3.05, 3.63) is 41.4 Å². The largest absolute Gasteiger partial charge is 0.492 e. The van der Waals surface area contributed by atoms with Crippen LogP contribution >= 0.6 is 11.6 Å². The Morgan fingerprint density at radius 3 is 2.87 bits per heavy atom. The third-order valence-corrected chi connectivity index (χ3v) is 3.84. The van der Waals surface area contributed by atoms with E-state index >= 15 is 0 Å². The van der Waals surface area contributed by atoms with Crippen LogP contribution in [0.2, 0.25) is 5.02 Å². The number of carbonyl (C=O) groups excluding carboxylic acids is 1. The van der Waals surface area contributed by atoms with E-state index in [2.05, 4.69) is 10.2 Å². The first-order chi connectivity index (χ1) is 11.1. The minimum atomic E-state index is 0.0887. The number of hydrogen-bond donors (Lipinski definition) is 0. The summed E-state index contributed by atoms with van der Waals surface area (Å²) in [6.45, 7) is 1.16. The van der Waals surface area contributed by atoms with Gasteiger partial charge in [0, 0.05) is 33.5 Å². The summed E-state index contributed by atoms with van der Waals surface area (Å²) in [5.41, 5.74) is 0. The van der Waals surface area contributed by atoms with Crippen molar-refractivity contribution in [2.75, 3.05) is 20.2 Å². The molecule has 1 amide bonds. The molecule has 0 unspecified atom stereocenters. The average molecular weight is 337 g/mol. The number of aryl methyl sites for hydroxylation is 2. The van der Waals surface area contributed by atoms with Crippen molar-refractivity contribution >= 4 is 17.5 Å². The van der Waals surface area contributed by atoms with Crippen LogP contribution in [0.15, 0.2) is 30.6 Å². The lowest BCUT2D eigenvalue weighted by molar-refractivity contribution is -0.130. The van der Waals surface area contributed by atoms with Crippen molar-refractivity contribution in [2.45, 2.75) is 19.3 Å². The van der Waals surface area contributed by atoms with Crippen molar-refractivity contribution in [2.24, 2.45) is 7.05 Å². The molecule has 0 N–H and O–H groups in total. The molecule has 1 heterocycles. The monoisotopic (exact) mass is 336 g/mol. The number of nitrogens with zero attached hydrogens (tertiary/aromatic N) is 4. The van der Waals surface area contributed by atoms with Gasteiger partial charge in [-0.25, -0.2) is 0 Å². The van der Waals surface area contributed by atoms with E-state index in [9.17, 15) is 4.79 Å². The van der Waals surface area contributed by atoms with E-state index in [1.807, 2.05) is 29.8 Å². The molecule has 0 radical (unpaired) electrons. The van der Waals surface area contributed by atoms with Gasteiger partial charge in [-0.05, 0) is 18.6 Å². The van der Waals surface area contributed by atoms with Crippen LogP contribution in [0.4, 0.5) is 0 Å². The molecule has 0 saturated heterocycles. The minimum absolute atomic E-state index is 0.0887. The zero-order valence-corrected chi connectivity index (χ0v) is 14.2. The molecular weight excluding hydrogens is 316 g/mol. The Kier molecular flexibility index (Phi) is 6.40. The molecule has 0 saturated carbocycles. The van der Waals surface area contributed by atoms with Gasteiger partial charge in [0.1, 0.15) is 17.9 Å². The molecule has 23 heavy (non-hydrogen) atoms. The fourth-order valence-electron chi connectivity index (χ4n) is 2.11. The number of halogens is 1. The van der Waals surface area contributed by atoms with Crippen LogP contribution < -0.4 is 4.74 Å². The number of benzene rings is 1. The van der Waals surface area contributed by atoms with Gasteiger partial charge in [0.25, 0.3) is 0 Å². The van der Waals surface area contributed by atoms with Crippen LogP contribution in [-0.2, 0) is 18.3 Å². The van der Waals surface area contributed by atoms with E-state index < -0.39 is 0 Å². The highest BCUT2D eigenvalue weighted by molar-refractivity contribution is 6.32. The quantitative estimate of drug-likeness (QED) is 0.694. The lowest BCUT2D eigenvalue weighted by Crippen LogP contribution is -2.29. The van der Waals surface area contributed by atoms with E-state index in [0.717, 1.165) is 12.2 Å². The molecule has 1 aromatic carbocycles. The standard InChI is InChI=1S/C16H21ClN4O2/c1-20(16(22)9-8-15-19-18-12-21(15)2)10-5-11-23-14-7-4-3-6-13(14)17/h3-4,6-7,12H,5,8-11H2,1-2H3. The van der Waals surface area contributed by atoms with E-state index in [1.165, 1.54) is 0 Å². The predicted octanol–water partition coefficient (Wildman–Crippen LogP) is 2.33. The second-order valence-corrected chi connectivity index (χ2v) is 5.71. The predicted molar refractivity (Wildman–Crippen MR) is 88.5 cm³/mol. The number of amides is 1. The van der Waals surface area contributed by atoms with Gasteiger partial charge in [-0.3, -0.25) is 4.79 Å². The van der Waals surface area contributed by atoms with E-state index in [1.54, 1.807) is 24.3 Å². The maximum Gasteiger partial charge on any atom is 0.222 e. The van der Waals surface area contributed by atoms with Crippen LogP contribution in [0, 0.1) is 0 Å². The number of hydrogen-bond acceptors (Lipinski definition) is 4. The Morgan fingerprint density at radius 1 is 1.39 bits per heavy atom. The number of aromatic nitrogens is 3. The SMILES string of the molecule is CN(CCCOc1ccccc1Cl)C(=O)CCc1nncn1C. The highest BCUT2D eigenvalue weighted by Crippen LogP contribution is 2.23. The van der Waals surface area contributed by atoms with Crippen molar-refractivity contribution in [3.63, 3.8) is 0 Å². The first-order valence-electron chi connectivity index (χ1n) is 7.52. The van der Waals surface area contributed by atoms with Crippen molar-refractivity contribution in [3.8, 4) is 5.75 Å². The summed E-state index contributed by atoms with van der Waals surface area (Å²) in [5.74, 6) is 1.57. The molecule has 0 bridgehead atoms. The summed E-state index contributed by atoms with van der Waals surface area (Å²) in [6.07, 6.45) is 3.40. The van der Waals surface area contributed by atoms with Crippen LogP contribution in [0.3, 0.4) is 0 Å². The fraction of sp³-hybridized carbons (Fsp3) is 0.438. The highest BCUT2D eigenvalue weighted by Gasteiger charge is 2.11. The third-order valence-electron chi connectivity index (χ3n) is 3.53. The first-order valence-corrected chi connectivity index (χ1v) is 7.90. The number of rotatable bonds is 8. The molecule has 0 aliphatic carbocycles. The van der Waals surface area contributed by atoms with Gasteiger partial charge >= 0.3 is 0 Å². The molecule has 0 atom stereocenters. The molecule has 2 aromatic rings. The molecule has 0 fully saturated rings. The van der Waals surface area contributed by atoms with Gasteiger partial charge in [0.05, 0.1) is 11.6 Å². The van der Waals surface area contributed by atoms with Crippen LogP contribution in [-0.4, -0.2) is 45.8 Å². The molecule has 0 spiro atoms. The molecule has 124 valence electrons. The Balaban J connectivity index is 1.66. The van der Waals surface area contributed by atoms with E-state index in [-0.39, 0.29) is 5.91 Å². The Hall–Kier alpha value is -2.08. The van der Waals surface area contributed by atoms with Gasteiger partial charge in [-0.15, -0.1) is 10.2 Å². The molecule has 7 heteroatoms. The summed E-state index contributed by atoms with van der Waals surface area (Å²) in [6, 6.07) is 7.36. The summed E-state index contributed by atoms with van der Waals surface area (Å²) < 4.78 is 7.43. The number of ether oxygens (including phenoxy) is 1. The molecule has 1 aromatic heterocycles. The van der Waals surface area contributed by atoms with Crippen LogP contribution in [0.25, 0.3) is 0 Å². The van der Waals surface area contributed by atoms with Gasteiger partial charge < -0.3 is 14.2 Å². The summed E-state index contributed by atoms with van der Waals surface area (Å²) >= 11 is 6.02. The van der Waals surface area contributed by atoms with Crippen LogP contribution in [0.5, 0.6) is 5.75 Å². The molecule has 0 aliphatic heterocycles. The third kappa shape index (κ3) is 5.25. The maximum atomic E-state index is 12.1. The van der Waals surface area contributed by atoms with Gasteiger partial charge in [0.2, 0.25) is 5.91 Å². The van der Waals surface area contributed by atoms with E-state index in [0.29, 0.717) is 36.8 Å². The smallest absolute Gasteiger partial charge is 0.222 e. The van der Waals surface area contributed by atoms with Gasteiger partial charge in [0.15, 0.2) is 0 Å². The Morgan fingerprint density at radius 2 is 2.17 bits per heavy atom. The normalized spacial score (nSPS) is 10.6. The van der Waals surface area contributed by atoms with Crippen LogP contribution in [0.1, 0.15) is 18.7 Å². The van der Waals surface area contributed by atoms with Crippen molar-refractivity contribution in [1.29, 1.82) is 0 Å². The summed E-state index contributed by atoms with van der Waals surface area (Å²) in [5, 5.41) is 8.37. The first kappa shape index (κ1) is 17.3. The second kappa shape index (κ2) is 8.53. The zero-order valence-electron chi connectivity index (χ0n) is 13.4. The average Bonchev–Trinajstić information content (AvgIpc) is 2.95. The topological polar surface area (TPSA) is 60.2 Å². The van der Waals surface area contributed by atoms with Gasteiger partial charge in [-0.1, -0.05) is 23.7 Å². The highest BCUT2D eigenvalue weighted by atomic mass is 35.5. The lowest BCUT2D eigenvalue weighted by Gasteiger charge is -2.17. The van der Waals surface area contributed by atoms with Crippen molar-refractivity contribution in [1.82, 2.24) is 19.7 Å². The molecule has 6 nitrogen and oxygen atoms in total. The minimum Gasteiger partial charge on any atom is -0.492 e. The molecule has 0 aliphatic rings. The van der Waals surface area contributed by atoms with E-state index in [4.69, 9.17) is 16.3 Å². The molecule has 2 rings (SSSR count). The second-order valence-electron chi connectivity index (χ2n) is 5.31. The summed E-state index contributed by atoms with van der Waals surface area (Å²) in [7, 11) is 3.67. The lowest BCUT2D eigenvalue weighted by atomic mass is 10.2.